The van der Waals surface area contributed by atoms with Gasteiger partial charge in [-0.25, -0.2) is 0 Å². The minimum atomic E-state index is -0.427. The Hall–Kier alpha value is -0.670. The van der Waals surface area contributed by atoms with E-state index in [4.69, 9.17) is 28.9 Å². The number of aromatic nitrogens is 1. The van der Waals surface area contributed by atoms with Gasteiger partial charge in [0.05, 0.1) is 5.02 Å². The Morgan fingerprint density at radius 3 is 2.50 bits per heavy atom. The number of nitrogen functional groups attached to an aromatic ring is 1. The third-order valence-electron chi connectivity index (χ3n) is 0.976. The van der Waals surface area contributed by atoms with Gasteiger partial charge in [0.2, 0.25) is 0 Å². The summed E-state index contributed by atoms with van der Waals surface area (Å²) in [6, 6.07) is 1.30. The summed E-state index contributed by atoms with van der Waals surface area (Å²) in [6.45, 7) is 0. The highest BCUT2D eigenvalue weighted by molar-refractivity contribution is 6.35. The van der Waals surface area contributed by atoms with Gasteiger partial charge in [-0.1, -0.05) is 23.2 Å². The van der Waals surface area contributed by atoms with Gasteiger partial charge in [-0.2, -0.15) is 0 Å². The van der Waals surface area contributed by atoms with Crippen LogP contribution in [0, 0.1) is 0 Å². The van der Waals surface area contributed by atoms with Gasteiger partial charge in [0.25, 0.3) is 5.56 Å². The second kappa shape index (κ2) is 2.52. The van der Waals surface area contributed by atoms with Crippen LogP contribution < -0.4 is 11.3 Å². The highest BCUT2D eigenvalue weighted by Gasteiger charge is 2.00. The Bertz CT molecular complexity index is 307. The summed E-state index contributed by atoms with van der Waals surface area (Å²) in [5, 5.41) is 0.295. The van der Waals surface area contributed by atoms with Gasteiger partial charge in [0.1, 0.15) is 10.8 Å². The van der Waals surface area contributed by atoms with Gasteiger partial charge in [0.15, 0.2) is 0 Å². The average Bonchev–Trinajstić information content (AvgIpc) is 1.84. The molecule has 0 spiro atoms. The predicted molar refractivity (Wildman–Crippen MR) is 41.5 cm³/mol. The van der Waals surface area contributed by atoms with E-state index >= 15 is 0 Å². The molecule has 0 saturated heterocycles. The van der Waals surface area contributed by atoms with Crippen LogP contribution in [0.15, 0.2) is 10.9 Å². The molecule has 0 aromatic carbocycles. The molecular formula is C5H4Cl2N2O. The molecule has 3 nitrogen and oxygen atoms in total. The van der Waals surface area contributed by atoms with Crippen LogP contribution in [0.3, 0.4) is 0 Å². The van der Waals surface area contributed by atoms with Gasteiger partial charge in [-0.05, 0) is 6.07 Å². The summed E-state index contributed by atoms with van der Waals surface area (Å²) in [6.07, 6.45) is 0. The normalized spacial score (nSPS) is 9.80. The number of pyridine rings is 1. The lowest BCUT2D eigenvalue weighted by Gasteiger charge is -1.95. The molecule has 0 fully saturated rings. The number of H-pyrrole nitrogens is 1. The van der Waals surface area contributed by atoms with E-state index in [1.807, 2.05) is 0 Å². The minimum absolute atomic E-state index is 0.0409. The van der Waals surface area contributed by atoms with Crippen LogP contribution in [0.2, 0.25) is 10.0 Å². The van der Waals surface area contributed by atoms with Crippen molar-refractivity contribution < 1.29 is 0 Å². The lowest BCUT2D eigenvalue weighted by atomic mass is 10.4. The van der Waals surface area contributed by atoms with Crippen molar-refractivity contribution in [2.45, 2.75) is 0 Å². The summed E-state index contributed by atoms with van der Waals surface area (Å²) in [5.41, 5.74) is 4.82. The molecule has 0 amide bonds. The molecule has 0 atom stereocenters. The molecule has 1 aromatic heterocycles. The van der Waals surface area contributed by atoms with Crippen molar-refractivity contribution in [3.63, 3.8) is 0 Å². The highest BCUT2D eigenvalue weighted by Crippen LogP contribution is 2.16. The summed E-state index contributed by atoms with van der Waals surface area (Å²) in [5.74, 6) is 0.135. The topological polar surface area (TPSA) is 58.9 Å². The maximum atomic E-state index is 10.7. The number of nitrogens with two attached hydrogens (primary N) is 1. The molecule has 0 saturated carbocycles. The first-order valence-corrected chi connectivity index (χ1v) is 3.20. The van der Waals surface area contributed by atoms with E-state index in [1.54, 1.807) is 0 Å². The van der Waals surface area contributed by atoms with Gasteiger partial charge >= 0.3 is 0 Å². The lowest BCUT2D eigenvalue weighted by Crippen LogP contribution is -2.08. The zero-order valence-electron chi connectivity index (χ0n) is 4.82. The zero-order valence-corrected chi connectivity index (χ0v) is 6.33. The van der Waals surface area contributed by atoms with Crippen molar-refractivity contribution in [1.29, 1.82) is 0 Å². The van der Waals surface area contributed by atoms with Crippen LogP contribution in [-0.4, -0.2) is 4.98 Å². The molecule has 54 valence electrons. The van der Waals surface area contributed by atoms with Crippen LogP contribution in [-0.2, 0) is 0 Å². The first-order chi connectivity index (χ1) is 4.61. The van der Waals surface area contributed by atoms with Crippen LogP contribution >= 0.6 is 23.2 Å². The molecule has 1 heterocycles. The summed E-state index contributed by atoms with van der Waals surface area (Å²) in [7, 11) is 0. The van der Waals surface area contributed by atoms with E-state index in [-0.39, 0.29) is 15.9 Å². The number of hydrogen-bond donors (Lipinski definition) is 2. The number of nitrogens with one attached hydrogen (secondary N) is 1. The molecule has 1 rings (SSSR count). The van der Waals surface area contributed by atoms with Crippen molar-refractivity contribution in [2.24, 2.45) is 0 Å². The summed E-state index contributed by atoms with van der Waals surface area (Å²) in [4.78, 5) is 12.9. The van der Waals surface area contributed by atoms with Gasteiger partial charge < -0.3 is 10.7 Å². The van der Waals surface area contributed by atoms with Gasteiger partial charge in [-0.15, -0.1) is 0 Å². The van der Waals surface area contributed by atoms with Crippen LogP contribution in [0.1, 0.15) is 0 Å². The predicted octanol–water partition coefficient (Wildman–Crippen LogP) is 1.26. The molecule has 0 bridgehead atoms. The number of halogens is 2. The van der Waals surface area contributed by atoms with Crippen molar-refractivity contribution >= 4 is 29.0 Å². The zero-order chi connectivity index (χ0) is 7.72. The Kier molecular flexibility index (Phi) is 1.87. The maximum absolute atomic E-state index is 10.7. The van der Waals surface area contributed by atoms with Crippen molar-refractivity contribution in [2.75, 3.05) is 5.73 Å². The first-order valence-electron chi connectivity index (χ1n) is 2.45. The van der Waals surface area contributed by atoms with E-state index < -0.39 is 5.56 Å². The smallest absolute Gasteiger partial charge is 0.268 e. The van der Waals surface area contributed by atoms with E-state index in [1.165, 1.54) is 6.07 Å². The molecular weight excluding hydrogens is 175 g/mol. The molecule has 10 heavy (non-hydrogen) atoms. The molecule has 0 aliphatic carbocycles. The van der Waals surface area contributed by atoms with E-state index in [0.29, 0.717) is 0 Å². The van der Waals surface area contributed by atoms with Crippen molar-refractivity contribution in [3.8, 4) is 0 Å². The fourth-order valence-electron chi connectivity index (χ4n) is 0.496. The van der Waals surface area contributed by atoms with Gasteiger partial charge in [0, 0.05) is 0 Å². The fraction of sp³-hybridized carbons (Fsp3) is 0. The maximum Gasteiger partial charge on any atom is 0.268 e. The average molecular weight is 179 g/mol. The SMILES string of the molecule is Nc1[nH]c(=O)c(Cl)cc1Cl. The number of aromatic amines is 1. The van der Waals surface area contributed by atoms with Crippen molar-refractivity contribution in [1.82, 2.24) is 4.98 Å². The Morgan fingerprint density at radius 2 is 2.00 bits per heavy atom. The quantitative estimate of drug-likeness (QED) is 0.629. The third kappa shape index (κ3) is 1.25. The fourth-order valence-corrected chi connectivity index (χ4v) is 0.865. The first kappa shape index (κ1) is 7.44. The molecule has 5 heteroatoms. The lowest BCUT2D eigenvalue weighted by molar-refractivity contribution is 1.25. The van der Waals surface area contributed by atoms with Crippen LogP contribution in [0.4, 0.5) is 5.82 Å². The molecule has 0 unspecified atom stereocenters. The van der Waals surface area contributed by atoms with E-state index in [0.717, 1.165) is 0 Å². The highest BCUT2D eigenvalue weighted by atomic mass is 35.5. The largest absolute Gasteiger partial charge is 0.384 e. The van der Waals surface area contributed by atoms with E-state index in [9.17, 15) is 4.79 Å². The van der Waals surface area contributed by atoms with Crippen LogP contribution in [0.5, 0.6) is 0 Å². The minimum Gasteiger partial charge on any atom is -0.384 e. The molecule has 3 N–H and O–H groups in total. The standard InChI is InChI=1S/C5H4Cl2N2O/c6-2-1-3(7)5(10)9-4(2)8/h1H,(H3,8,9,10). The Labute approximate surface area is 66.8 Å². The second-order valence-electron chi connectivity index (χ2n) is 1.71. The molecule has 0 radical (unpaired) electrons. The Balaban J connectivity index is 3.43. The third-order valence-corrected chi connectivity index (χ3v) is 1.57. The van der Waals surface area contributed by atoms with Gasteiger partial charge in [-0.3, -0.25) is 4.79 Å². The second-order valence-corrected chi connectivity index (χ2v) is 2.52. The van der Waals surface area contributed by atoms with Crippen molar-refractivity contribution in [3.05, 3.63) is 26.5 Å². The summed E-state index contributed by atoms with van der Waals surface area (Å²) >= 11 is 10.9. The molecule has 0 aliphatic rings. The number of rotatable bonds is 0. The number of anilines is 1. The molecule has 1 aromatic rings. The number of hydrogen-bond acceptors (Lipinski definition) is 2. The monoisotopic (exact) mass is 178 g/mol. The van der Waals surface area contributed by atoms with Crippen LogP contribution in [0.25, 0.3) is 0 Å². The summed E-state index contributed by atoms with van der Waals surface area (Å²) < 4.78 is 0. The molecule has 0 aliphatic heterocycles. The Morgan fingerprint density at radius 1 is 1.40 bits per heavy atom. The van der Waals surface area contributed by atoms with E-state index in [2.05, 4.69) is 4.98 Å².